The lowest BCUT2D eigenvalue weighted by Gasteiger charge is -2.06. The maximum atomic E-state index is 10.9. The van der Waals surface area contributed by atoms with Gasteiger partial charge in [-0.25, -0.2) is 19.4 Å². The fraction of sp³-hybridized carbons (Fsp3) is 0.133. The number of rotatable bonds is 4. The average Bonchev–Trinajstić information content (AvgIpc) is 3.05. The largest absolute Gasteiger partial charge is 0.476 e. The first-order valence-electron chi connectivity index (χ1n) is 6.76. The fourth-order valence-corrected chi connectivity index (χ4v) is 1.97. The Kier molecular flexibility index (Phi) is 3.61. The molecule has 3 aromatic heterocycles. The monoisotopic (exact) mass is 295 g/mol. The first kappa shape index (κ1) is 13.9. The van der Waals surface area contributed by atoms with Crippen molar-refractivity contribution in [1.29, 1.82) is 0 Å². The van der Waals surface area contributed by atoms with Gasteiger partial charge in [0.15, 0.2) is 11.5 Å². The summed E-state index contributed by atoms with van der Waals surface area (Å²) >= 11 is 0. The van der Waals surface area contributed by atoms with Crippen LogP contribution in [0.2, 0.25) is 0 Å². The predicted octanol–water partition coefficient (Wildman–Crippen LogP) is 1.98. The third kappa shape index (κ3) is 2.69. The summed E-state index contributed by atoms with van der Waals surface area (Å²) in [5, 5.41) is 13.0. The molecule has 7 heteroatoms. The Morgan fingerprint density at radius 3 is 2.73 bits per heavy atom. The summed E-state index contributed by atoms with van der Waals surface area (Å²) in [5.74, 6) is 0.0824. The number of pyridine rings is 1. The molecule has 0 fully saturated rings. The number of aromatic nitrogens is 5. The van der Waals surface area contributed by atoms with Crippen molar-refractivity contribution in [2.24, 2.45) is 0 Å². The quantitative estimate of drug-likeness (QED) is 0.791. The number of hydrogen-bond acceptors (Lipinski definition) is 5. The number of carbonyl (C=O) groups is 1. The van der Waals surface area contributed by atoms with Gasteiger partial charge in [0, 0.05) is 24.9 Å². The van der Waals surface area contributed by atoms with E-state index in [0.29, 0.717) is 23.8 Å². The summed E-state index contributed by atoms with van der Waals surface area (Å²) in [6.07, 6.45) is 3.91. The molecule has 0 unspecified atom stereocenters. The van der Waals surface area contributed by atoms with Crippen LogP contribution in [0.5, 0.6) is 0 Å². The Labute approximate surface area is 126 Å². The van der Waals surface area contributed by atoms with Gasteiger partial charge >= 0.3 is 5.97 Å². The SMILES string of the molecule is CCc1nc(-c2ccccn2)cc(-n2ccc(C(=O)O)n2)n1. The summed E-state index contributed by atoms with van der Waals surface area (Å²) in [5.41, 5.74) is 1.37. The maximum absolute atomic E-state index is 10.9. The van der Waals surface area contributed by atoms with Gasteiger partial charge in [-0.2, -0.15) is 5.10 Å². The van der Waals surface area contributed by atoms with Crippen LogP contribution in [0.3, 0.4) is 0 Å². The molecule has 3 aromatic rings. The van der Waals surface area contributed by atoms with Crippen molar-refractivity contribution in [3.05, 3.63) is 54.2 Å². The first-order chi connectivity index (χ1) is 10.7. The molecule has 0 aliphatic rings. The van der Waals surface area contributed by atoms with Gasteiger partial charge in [0.25, 0.3) is 0 Å². The summed E-state index contributed by atoms with van der Waals surface area (Å²) in [6.45, 7) is 1.95. The van der Waals surface area contributed by atoms with Crippen molar-refractivity contribution in [2.75, 3.05) is 0 Å². The van der Waals surface area contributed by atoms with E-state index >= 15 is 0 Å². The fourth-order valence-electron chi connectivity index (χ4n) is 1.97. The molecule has 0 saturated heterocycles. The number of aryl methyl sites for hydroxylation is 1. The van der Waals surface area contributed by atoms with Crippen LogP contribution >= 0.6 is 0 Å². The topological polar surface area (TPSA) is 93.8 Å². The standard InChI is InChI=1S/C15H13N5O2/c1-2-13-17-12(10-5-3-4-7-16-10)9-14(18-13)20-8-6-11(19-20)15(21)22/h3-9H,2H2,1H3,(H,21,22). The van der Waals surface area contributed by atoms with Gasteiger partial charge in [-0.15, -0.1) is 0 Å². The molecule has 7 nitrogen and oxygen atoms in total. The average molecular weight is 295 g/mol. The minimum absolute atomic E-state index is 0.0314. The molecule has 3 rings (SSSR count). The highest BCUT2D eigenvalue weighted by Crippen LogP contribution is 2.17. The van der Waals surface area contributed by atoms with Crippen molar-refractivity contribution < 1.29 is 9.90 Å². The highest BCUT2D eigenvalue weighted by atomic mass is 16.4. The number of carboxylic acid groups (broad SMARTS) is 1. The van der Waals surface area contributed by atoms with E-state index in [4.69, 9.17) is 5.11 Å². The molecule has 0 saturated carbocycles. The second-order valence-electron chi connectivity index (χ2n) is 4.55. The molecule has 22 heavy (non-hydrogen) atoms. The van der Waals surface area contributed by atoms with Crippen LogP contribution in [0.25, 0.3) is 17.2 Å². The molecular weight excluding hydrogens is 282 g/mol. The molecule has 1 N–H and O–H groups in total. The van der Waals surface area contributed by atoms with Gasteiger partial charge in [-0.05, 0) is 18.2 Å². The van der Waals surface area contributed by atoms with Crippen molar-refractivity contribution in [3.8, 4) is 17.2 Å². The second kappa shape index (κ2) is 5.72. The highest BCUT2D eigenvalue weighted by Gasteiger charge is 2.11. The van der Waals surface area contributed by atoms with E-state index in [-0.39, 0.29) is 5.69 Å². The van der Waals surface area contributed by atoms with Crippen molar-refractivity contribution in [1.82, 2.24) is 24.7 Å². The minimum atomic E-state index is -1.08. The summed E-state index contributed by atoms with van der Waals surface area (Å²) < 4.78 is 1.43. The first-order valence-corrected chi connectivity index (χ1v) is 6.76. The Balaban J connectivity index is 2.09. The van der Waals surface area contributed by atoms with Gasteiger partial charge < -0.3 is 5.11 Å². The zero-order chi connectivity index (χ0) is 15.5. The summed E-state index contributed by atoms with van der Waals surface area (Å²) in [4.78, 5) is 24.1. The Bertz CT molecular complexity index is 814. The van der Waals surface area contributed by atoms with Crippen LogP contribution in [-0.4, -0.2) is 35.8 Å². The third-order valence-electron chi connectivity index (χ3n) is 3.05. The van der Waals surface area contributed by atoms with E-state index in [0.717, 1.165) is 5.69 Å². The van der Waals surface area contributed by atoms with Crippen molar-refractivity contribution in [2.45, 2.75) is 13.3 Å². The van der Waals surface area contributed by atoms with Crippen LogP contribution in [-0.2, 0) is 6.42 Å². The van der Waals surface area contributed by atoms with Gasteiger partial charge in [-0.3, -0.25) is 4.98 Å². The summed E-state index contributed by atoms with van der Waals surface area (Å²) in [7, 11) is 0. The minimum Gasteiger partial charge on any atom is -0.476 e. The zero-order valence-electron chi connectivity index (χ0n) is 11.8. The van der Waals surface area contributed by atoms with E-state index in [9.17, 15) is 4.79 Å². The number of nitrogens with zero attached hydrogens (tertiary/aromatic N) is 5. The van der Waals surface area contributed by atoms with E-state index in [1.54, 1.807) is 18.5 Å². The van der Waals surface area contributed by atoms with Gasteiger partial charge in [-0.1, -0.05) is 13.0 Å². The molecule has 0 radical (unpaired) electrons. The van der Waals surface area contributed by atoms with Gasteiger partial charge in [0.2, 0.25) is 0 Å². The molecule has 3 heterocycles. The summed E-state index contributed by atoms with van der Waals surface area (Å²) in [6, 6.07) is 8.74. The Morgan fingerprint density at radius 1 is 1.23 bits per heavy atom. The molecule has 0 amide bonds. The molecule has 0 aromatic carbocycles. The molecule has 0 bridgehead atoms. The third-order valence-corrected chi connectivity index (χ3v) is 3.05. The molecular formula is C15H13N5O2. The van der Waals surface area contributed by atoms with Gasteiger partial charge in [0.1, 0.15) is 5.82 Å². The van der Waals surface area contributed by atoms with Crippen molar-refractivity contribution in [3.63, 3.8) is 0 Å². The highest BCUT2D eigenvalue weighted by molar-refractivity contribution is 5.85. The number of hydrogen-bond donors (Lipinski definition) is 1. The van der Waals surface area contributed by atoms with Crippen LogP contribution in [0.4, 0.5) is 0 Å². The number of carboxylic acids is 1. The normalized spacial score (nSPS) is 10.6. The lowest BCUT2D eigenvalue weighted by molar-refractivity contribution is 0.0690. The van der Waals surface area contributed by atoms with E-state index in [1.165, 1.54) is 10.7 Å². The van der Waals surface area contributed by atoms with E-state index in [2.05, 4.69) is 20.1 Å². The Morgan fingerprint density at radius 2 is 2.09 bits per heavy atom. The Hall–Kier alpha value is -3.09. The van der Waals surface area contributed by atoms with Crippen LogP contribution in [0, 0.1) is 0 Å². The lowest BCUT2D eigenvalue weighted by Crippen LogP contribution is -2.06. The molecule has 0 spiro atoms. The molecule has 110 valence electrons. The van der Waals surface area contributed by atoms with E-state index in [1.807, 2.05) is 25.1 Å². The molecule has 0 aliphatic heterocycles. The lowest BCUT2D eigenvalue weighted by atomic mass is 10.2. The molecule has 0 atom stereocenters. The molecule has 0 aliphatic carbocycles. The van der Waals surface area contributed by atoms with Gasteiger partial charge in [0.05, 0.1) is 11.4 Å². The van der Waals surface area contributed by atoms with Crippen molar-refractivity contribution >= 4 is 5.97 Å². The van der Waals surface area contributed by atoms with Crippen LogP contribution in [0.15, 0.2) is 42.7 Å². The maximum Gasteiger partial charge on any atom is 0.356 e. The van der Waals surface area contributed by atoms with Crippen LogP contribution < -0.4 is 0 Å². The number of aromatic carboxylic acids is 1. The smallest absolute Gasteiger partial charge is 0.356 e. The predicted molar refractivity (Wildman–Crippen MR) is 78.7 cm³/mol. The van der Waals surface area contributed by atoms with Crippen LogP contribution in [0.1, 0.15) is 23.2 Å². The second-order valence-corrected chi connectivity index (χ2v) is 4.55. The van der Waals surface area contributed by atoms with E-state index < -0.39 is 5.97 Å². The zero-order valence-corrected chi connectivity index (χ0v) is 11.8.